The van der Waals surface area contributed by atoms with Crippen molar-refractivity contribution in [1.29, 1.82) is 0 Å². The molecule has 1 fully saturated rings. The molecule has 0 radical (unpaired) electrons. The summed E-state index contributed by atoms with van der Waals surface area (Å²) in [6.45, 7) is 2.65. The fraction of sp³-hybridized carbons (Fsp3) is 0.286. The minimum Gasteiger partial charge on any atom is -0.489 e. The van der Waals surface area contributed by atoms with Crippen molar-refractivity contribution in [1.82, 2.24) is 0 Å². The van der Waals surface area contributed by atoms with Gasteiger partial charge in [0, 0.05) is 6.42 Å². The molecule has 0 heterocycles. The summed E-state index contributed by atoms with van der Waals surface area (Å²) in [4.78, 5) is 11.9. The van der Waals surface area contributed by atoms with Crippen molar-refractivity contribution in [2.75, 3.05) is 0 Å². The highest BCUT2D eigenvalue weighted by Gasteiger charge is 2.14. The van der Waals surface area contributed by atoms with Crippen molar-refractivity contribution in [3.8, 4) is 5.75 Å². The topological polar surface area (TPSA) is 26.3 Å². The van der Waals surface area contributed by atoms with E-state index >= 15 is 0 Å². The van der Waals surface area contributed by atoms with Crippen molar-refractivity contribution < 1.29 is 9.53 Å². The number of hydrogen-bond acceptors (Lipinski definition) is 2. The maximum absolute atomic E-state index is 11.9. The lowest BCUT2D eigenvalue weighted by Crippen LogP contribution is -2.07. The van der Waals surface area contributed by atoms with E-state index in [1.165, 1.54) is 5.56 Å². The van der Waals surface area contributed by atoms with Gasteiger partial charge in [-0.25, -0.2) is 0 Å². The minimum absolute atomic E-state index is 0.302. The lowest BCUT2D eigenvalue weighted by molar-refractivity contribution is -0.116. The maximum Gasteiger partial charge on any atom is 0.158 e. The van der Waals surface area contributed by atoms with E-state index < -0.39 is 0 Å². The molecule has 0 spiro atoms. The second-order valence-corrected chi connectivity index (χ2v) is 6.14. The SMILES string of the molecule is Cc1ccc(COc2ccc(/C=C3/CCCCC3=O)cc2)cc1. The van der Waals surface area contributed by atoms with E-state index in [-0.39, 0.29) is 0 Å². The molecular formula is C21H22O2. The molecule has 0 bridgehead atoms. The summed E-state index contributed by atoms with van der Waals surface area (Å²) in [5.41, 5.74) is 4.44. The Bertz CT molecular complexity index is 694. The van der Waals surface area contributed by atoms with Gasteiger partial charge < -0.3 is 4.74 Å². The molecule has 0 atom stereocenters. The van der Waals surface area contributed by atoms with Crippen LogP contribution in [-0.2, 0) is 11.4 Å². The third-order valence-corrected chi connectivity index (χ3v) is 4.21. The first-order valence-electron chi connectivity index (χ1n) is 8.23. The highest BCUT2D eigenvalue weighted by atomic mass is 16.5. The molecule has 1 aliphatic carbocycles. The monoisotopic (exact) mass is 306 g/mol. The summed E-state index contributed by atoms with van der Waals surface area (Å²) in [7, 11) is 0. The average molecular weight is 306 g/mol. The van der Waals surface area contributed by atoms with Crippen LogP contribution in [0.25, 0.3) is 6.08 Å². The van der Waals surface area contributed by atoms with Crippen LogP contribution in [-0.4, -0.2) is 5.78 Å². The van der Waals surface area contributed by atoms with Crippen LogP contribution in [0, 0.1) is 6.92 Å². The van der Waals surface area contributed by atoms with E-state index in [2.05, 4.69) is 31.2 Å². The molecule has 1 saturated carbocycles. The Morgan fingerprint density at radius 1 is 0.957 bits per heavy atom. The molecule has 2 heteroatoms. The van der Waals surface area contributed by atoms with Crippen LogP contribution in [0.15, 0.2) is 54.1 Å². The van der Waals surface area contributed by atoms with Gasteiger partial charge in [0.15, 0.2) is 5.78 Å². The van der Waals surface area contributed by atoms with Crippen LogP contribution >= 0.6 is 0 Å². The fourth-order valence-corrected chi connectivity index (χ4v) is 2.77. The van der Waals surface area contributed by atoms with Gasteiger partial charge in [0.25, 0.3) is 0 Å². The Kier molecular flexibility index (Phi) is 4.92. The van der Waals surface area contributed by atoms with Gasteiger partial charge in [0.05, 0.1) is 0 Å². The van der Waals surface area contributed by atoms with E-state index in [4.69, 9.17) is 4.74 Å². The number of rotatable bonds is 4. The first kappa shape index (κ1) is 15.5. The van der Waals surface area contributed by atoms with Crippen LogP contribution < -0.4 is 4.74 Å². The smallest absolute Gasteiger partial charge is 0.158 e. The Morgan fingerprint density at radius 2 is 1.65 bits per heavy atom. The zero-order chi connectivity index (χ0) is 16.1. The molecule has 0 saturated heterocycles. The van der Waals surface area contributed by atoms with Crippen molar-refractivity contribution in [3.63, 3.8) is 0 Å². The summed E-state index contributed by atoms with van der Waals surface area (Å²) in [6.07, 6.45) is 5.77. The van der Waals surface area contributed by atoms with E-state index in [0.717, 1.165) is 41.7 Å². The zero-order valence-corrected chi connectivity index (χ0v) is 13.5. The third-order valence-electron chi connectivity index (χ3n) is 4.21. The predicted octanol–water partition coefficient (Wildman–Crippen LogP) is 5.10. The molecule has 0 aromatic heterocycles. The number of ether oxygens (including phenoxy) is 1. The first-order chi connectivity index (χ1) is 11.2. The Morgan fingerprint density at radius 3 is 2.35 bits per heavy atom. The van der Waals surface area contributed by atoms with Gasteiger partial charge in [-0.05, 0) is 61.1 Å². The molecule has 0 N–H and O–H groups in total. The van der Waals surface area contributed by atoms with Gasteiger partial charge in [-0.2, -0.15) is 0 Å². The van der Waals surface area contributed by atoms with Crippen molar-refractivity contribution in [2.24, 2.45) is 0 Å². The third kappa shape index (κ3) is 4.32. The van der Waals surface area contributed by atoms with Gasteiger partial charge in [0.2, 0.25) is 0 Å². The number of allylic oxidation sites excluding steroid dienone is 1. The second kappa shape index (κ2) is 7.28. The molecule has 0 aliphatic heterocycles. The number of benzene rings is 2. The number of ketones is 1. The zero-order valence-electron chi connectivity index (χ0n) is 13.5. The Labute approximate surface area is 137 Å². The van der Waals surface area contributed by atoms with Gasteiger partial charge >= 0.3 is 0 Å². The predicted molar refractivity (Wildman–Crippen MR) is 93.4 cm³/mol. The highest BCUT2D eigenvalue weighted by Crippen LogP contribution is 2.23. The van der Waals surface area contributed by atoms with Gasteiger partial charge in [0.1, 0.15) is 12.4 Å². The largest absolute Gasteiger partial charge is 0.489 e. The van der Waals surface area contributed by atoms with E-state index in [9.17, 15) is 4.79 Å². The van der Waals surface area contributed by atoms with Crippen molar-refractivity contribution in [3.05, 3.63) is 70.8 Å². The van der Waals surface area contributed by atoms with Crippen molar-refractivity contribution >= 4 is 11.9 Å². The van der Waals surface area contributed by atoms with Crippen LogP contribution in [0.4, 0.5) is 0 Å². The van der Waals surface area contributed by atoms with Gasteiger partial charge in [-0.15, -0.1) is 0 Å². The standard InChI is InChI=1S/C21H22O2/c1-16-6-8-18(9-7-16)15-23-20-12-10-17(11-13-20)14-19-4-2-3-5-21(19)22/h6-14H,2-5,15H2,1H3/b19-14-. The molecule has 2 aromatic rings. The summed E-state index contributed by atoms with van der Waals surface area (Å²) >= 11 is 0. The summed E-state index contributed by atoms with van der Waals surface area (Å²) in [6, 6.07) is 16.3. The van der Waals surface area contributed by atoms with Crippen LogP contribution in [0.1, 0.15) is 42.4 Å². The van der Waals surface area contributed by atoms with Crippen LogP contribution in [0.3, 0.4) is 0 Å². The Balaban J connectivity index is 1.61. The maximum atomic E-state index is 11.9. The molecule has 0 amide bonds. The average Bonchev–Trinajstić information content (AvgIpc) is 2.58. The number of Topliss-reactive ketones (excluding diaryl/α,β-unsaturated/α-hetero) is 1. The fourth-order valence-electron chi connectivity index (χ4n) is 2.77. The Hall–Kier alpha value is -2.35. The van der Waals surface area contributed by atoms with Gasteiger partial charge in [-0.3, -0.25) is 4.79 Å². The molecule has 23 heavy (non-hydrogen) atoms. The molecule has 0 unspecified atom stereocenters. The van der Waals surface area contributed by atoms with E-state index in [1.54, 1.807) is 0 Å². The normalized spacial score (nSPS) is 16.6. The number of hydrogen-bond donors (Lipinski definition) is 0. The van der Waals surface area contributed by atoms with Gasteiger partial charge in [-0.1, -0.05) is 42.0 Å². The molecule has 1 aliphatic rings. The lowest BCUT2D eigenvalue weighted by atomic mass is 9.92. The lowest BCUT2D eigenvalue weighted by Gasteiger charge is -2.12. The quantitative estimate of drug-likeness (QED) is 0.734. The molecule has 2 nitrogen and oxygen atoms in total. The highest BCUT2D eigenvalue weighted by molar-refractivity contribution is 6.00. The summed E-state index contributed by atoms with van der Waals surface area (Å²) in [5.74, 6) is 1.15. The minimum atomic E-state index is 0.302. The molecule has 118 valence electrons. The molecular weight excluding hydrogens is 284 g/mol. The number of carbonyl (C=O) groups is 1. The van der Waals surface area contributed by atoms with E-state index in [0.29, 0.717) is 18.8 Å². The summed E-state index contributed by atoms with van der Waals surface area (Å²) < 4.78 is 5.81. The van der Waals surface area contributed by atoms with E-state index in [1.807, 2.05) is 30.3 Å². The first-order valence-corrected chi connectivity index (χ1v) is 8.23. The summed E-state index contributed by atoms with van der Waals surface area (Å²) in [5, 5.41) is 0. The van der Waals surface area contributed by atoms with Crippen LogP contribution in [0.2, 0.25) is 0 Å². The second-order valence-electron chi connectivity index (χ2n) is 6.14. The molecule has 2 aromatic carbocycles. The number of carbonyl (C=O) groups excluding carboxylic acids is 1. The number of aryl methyl sites for hydroxylation is 1. The van der Waals surface area contributed by atoms with Crippen LogP contribution in [0.5, 0.6) is 5.75 Å². The molecule has 3 rings (SSSR count). The van der Waals surface area contributed by atoms with Crippen molar-refractivity contribution in [2.45, 2.75) is 39.2 Å².